The number of carbonyl (C=O) groups is 2. The van der Waals surface area contributed by atoms with Gasteiger partial charge in [0.1, 0.15) is 5.92 Å². The van der Waals surface area contributed by atoms with Crippen molar-refractivity contribution >= 4 is 11.9 Å². The van der Waals surface area contributed by atoms with Gasteiger partial charge in [-0.2, -0.15) is 10.5 Å². The van der Waals surface area contributed by atoms with Gasteiger partial charge in [0.05, 0.1) is 25.4 Å². The van der Waals surface area contributed by atoms with Crippen LogP contribution in [0.2, 0.25) is 0 Å². The van der Waals surface area contributed by atoms with Crippen molar-refractivity contribution < 1.29 is 19.1 Å². The van der Waals surface area contributed by atoms with Crippen molar-refractivity contribution in [1.29, 1.82) is 10.5 Å². The Hall–Kier alpha value is -2.08. The summed E-state index contributed by atoms with van der Waals surface area (Å²) in [6.07, 6.45) is 3.23. The van der Waals surface area contributed by atoms with Gasteiger partial charge in [0.15, 0.2) is 0 Å². The summed E-state index contributed by atoms with van der Waals surface area (Å²) in [7, 11) is 0. The lowest BCUT2D eigenvalue weighted by molar-refractivity contribution is -0.164. The van der Waals surface area contributed by atoms with Crippen LogP contribution in [0.4, 0.5) is 0 Å². The first-order chi connectivity index (χ1) is 10.1. The lowest BCUT2D eigenvalue weighted by Crippen LogP contribution is -2.45. The lowest BCUT2D eigenvalue weighted by atomic mass is 9.70. The number of hydrogen-bond acceptors (Lipinski definition) is 6. The highest BCUT2D eigenvalue weighted by Gasteiger charge is 2.56. The van der Waals surface area contributed by atoms with Crippen molar-refractivity contribution in [2.75, 3.05) is 13.2 Å². The number of carbonyl (C=O) groups excluding carboxylic acids is 2. The van der Waals surface area contributed by atoms with Gasteiger partial charge in [-0.1, -0.05) is 12.8 Å². The zero-order valence-corrected chi connectivity index (χ0v) is 12.4. The highest BCUT2D eigenvalue weighted by atomic mass is 16.5. The summed E-state index contributed by atoms with van der Waals surface area (Å²) < 4.78 is 9.87. The SMILES string of the molecule is CCOC(=O)C(C1CCCC1)C(C#N)(C#N)C(=O)OCC. The predicted octanol–water partition coefficient (Wildman–Crippen LogP) is 1.95. The normalized spacial score (nSPS) is 16.6. The van der Waals surface area contributed by atoms with Crippen molar-refractivity contribution in [2.24, 2.45) is 17.3 Å². The second-order valence-electron chi connectivity index (χ2n) is 5.03. The maximum absolute atomic E-state index is 12.3. The molecule has 1 rings (SSSR count). The van der Waals surface area contributed by atoms with Crippen molar-refractivity contribution in [3.8, 4) is 12.1 Å². The molecule has 1 fully saturated rings. The Morgan fingerprint density at radius 1 is 1.14 bits per heavy atom. The quantitative estimate of drug-likeness (QED) is 0.694. The van der Waals surface area contributed by atoms with E-state index < -0.39 is 23.3 Å². The number of nitriles is 2. The molecule has 0 spiro atoms. The summed E-state index contributed by atoms with van der Waals surface area (Å²) in [6, 6.07) is 3.46. The molecule has 0 heterocycles. The van der Waals surface area contributed by atoms with E-state index in [0.717, 1.165) is 12.8 Å². The standard InChI is InChI=1S/C15H20N2O4/c1-3-20-13(18)12(11-7-5-6-8-11)15(9-16,10-17)14(19)21-4-2/h11-12H,3-8H2,1-2H3. The van der Waals surface area contributed by atoms with E-state index in [1.54, 1.807) is 26.0 Å². The Labute approximate surface area is 124 Å². The van der Waals surface area contributed by atoms with Gasteiger partial charge in [0.25, 0.3) is 5.41 Å². The van der Waals surface area contributed by atoms with E-state index in [-0.39, 0.29) is 19.1 Å². The number of ether oxygens (including phenoxy) is 2. The lowest BCUT2D eigenvalue weighted by Gasteiger charge is -2.29. The smallest absolute Gasteiger partial charge is 0.342 e. The fraction of sp³-hybridized carbons (Fsp3) is 0.733. The molecule has 6 heteroatoms. The third kappa shape index (κ3) is 3.33. The second kappa shape index (κ2) is 7.64. The first-order valence-electron chi connectivity index (χ1n) is 7.23. The first kappa shape index (κ1) is 17.0. The number of rotatable bonds is 6. The van der Waals surface area contributed by atoms with E-state index in [1.165, 1.54) is 0 Å². The molecule has 1 aliphatic rings. The van der Waals surface area contributed by atoms with E-state index in [9.17, 15) is 20.1 Å². The molecule has 0 N–H and O–H groups in total. The van der Waals surface area contributed by atoms with Crippen molar-refractivity contribution in [2.45, 2.75) is 39.5 Å². The largest absolute Gasteiger partial charge is 0.466 e. The van der Waals surface area contributed by atoms with Gasteiger partial charge in [0, 0.05) is 0 Å². The van der Waals surface area contributed by atoms with Crippen molar-refractivity contribution in [3.63, 3.8) is 0 Å². The van der Waals surface area contributed by atoms with E-state index in [2.05, 4.69) is 0 Å². The molecule has 114 valence electrons. The molecular formula is C15H20N2O4. The van der Waals surface area contributed by atoms with Gasteiger partial charge in [-0.05, 0) is 32.6 Å². The van der Waals surface area contributed by atoms with Crippen LogP contribution in [0, 0.1) is 39.9 Å². The van der Waals surface area contributed by atoms with Gasteiger partial charge in [-0.3, -0.25) is 4.79 Å². The van der Waals surface area contributed by atoms with E-state index in [4.69, 9.17) is 9.47 Å². The van der Waals surface area contributed by atoms with E-state index in [0.29, 0.717) is 12.8 Å². The zero-order chi connectivity index (χ0) is 15.9. The average molecular weight is 292 g/mol. The van der Waals surface area contributed by atoms with Crippen LogP contribution in [0.15, 0.2) is 0 Å². The molecule has 1 atom stereocenters. The molecule has 0 aromatic rings. The van der Waals surface area contributed by atoms with Crippen LogP contribution >= 0.6 is 0 Å². The Morgan fingerprint density at radius 3 is 2.10 bits per heavy atom. The van der Waals surface area contributed by atoms with Gasteiger partial charge in [-0.25, -0.2) is 4.79 Å². The molecule has 0 aliphatic heterocycles. The minimum Gasteiger partial charge on any atom is -0.466 e. The zero-order valence-electron chi connectivity index (χ0n) is 12.4. The van der Waals surface area contributed by atoms with Crippen LogP contribution < -0.4 is 0 Å². The first-order valence-corrected chi connectivity index (χ1v) is 7.23. The Kier molecular flexibility index (Phi) is 6.17. The van der Waals surface area contributed by atoms with Gasteiger partial charge < -0.3 is 9.47 Å². The second-order valence-corrected chi connectivity index (χ2v) is 5.03. The van der Waals surface area contributed by atoms with Gasteiger partial charge >= 0.3 is 11.9 Å². The van der Waals surface area contributed by atoms with Crippen LogP contribution in [-0.4, -0.2) is 25.2 Å². The van der Waals surface area contributed by atoms with Crippen LogP contribution in [-0.2, 0) is 19.1 Å². The summed E-state index contributed by atoms with van der Waals surface area (Å²) in [5, 5.41) is 18.9. The third-order valence-corrected chi connectivity index (χ3v) is 3.83. The van der Waals surface area contributed by atoms with E-state index in [1.807, 2.05) is 0 Å². The molecule has 1 aliphatic carbocycles. The molecule has 1 unspecified atom stereocenters. The van der Waals surface area contributed by atoms with Crippen LogP contribution in [0.5, 0.6) is 0 Å². The summed E-state index contributed by atoms with van der Waals surface area (Å²) in [5.74, 6) is -2.91. The van der Waals surface area contributed by atoms with Crippen LogP contribution in [0.3, 0.4) is 0 Å². The molecule has 21 heavy (non-hydrogen) atoms. The molecule has 0 saturated heterocycles. The molecular weight excluding hydrogens is 272 g/mol. The molecule has 0 amide bonds. The molecule has 0 radical (unpaired) electrons. The van der Waals surface area contributed by atoms with Crippen molar-refractivity contribution in [3.05, 3.63) is 0 Å². The maximum atomic E-state index is 12.3. The van der Waals surface area contributed by atoms with Gasteiger partial charge in [-0.15, -0.1) is 0 Å². The fourth-order valence-corrected chi connectivity index (χ4v) is 2.87. The third-order valence-electron chi connectivity index (χ3n) is 3.83. The van der Waals surface area contributed by atoms with Crippen LogP contribution in [0.1, 0.15) is 39.5 Å². The fourth-order valence-electron chi connectivity index (χ4n) is 2.87. The van der Waals surface area contributed by atoms with Gasteiger partial charge in [0.2, 0.25) is 0 Å². The minimum atomic E-state index is -2.13. The molecule has 1 saturated carbocycles. The summed E-state index contributed by atoms with van der Waals surface area (Å²) in [5.41, 5.74) is -2.13. The molecule has 0 bridgehead atoms. The monoisotopic (exact) mass is 292 g/mol. The highest BCUT2D eigenvalue weighted by Crippen LogP contribution is 2.42. The summed E-state index contributed by atoms with van der Waals surface area (Å²) in [4.78, 5) is 24.4. The summed E-state index contributed by atoms with van der Waals surface area (Å²) >= 11 is 0. The molecule has 0 aromatic heterocycles. The summed E-state index contributed by atoms with van der Waals surface area (Å²) in [6.45, 7) is 3.42. The molecule has 0 aromatic carbocycles. The number of nitrogens with zero attached hydrogens (tertiary/aromatic N) is 2. The highest BCUT2D eigenvalue weighted by molar-refractivity contribution is 5.90. The number of hydrogen-bond donors (Lipinski definition) is 0. The van der Waals surface area contributed by atoms with Crippen LogP contribution in [0.25, 0.3) is 0 Å². The predicted molar refractivity (Wildman–Crippen MR) is 72.4 cm³/mol. The molecule has 6 nitrogen and oxygen atoms in total. The minimum absolute atomic E-state index is 0.0458. The Balaban J connectivity index is 3.24. The average Bonchev–Trinajstić information content (AvgIpc) is 2.98. The number of esters is 2. The van der Waals surface area contributed by atoms with E-state index >= 15 is 0 Å². The topological polar surface area (TPSA) is 100 Å². The Morgan fingerprint density at radius 2 is 1.67 bits per heavy atom. The van der Waals surface area contributed by atoms with Crippen molar-refractivity contribution in [1.82, 2.24) is 0 Å². The maximum Gasteiger partial charge on any atom is 0.342 e. The Bertz CT molecular complexity index is 455.